The molecule has 29 heavy (non-hydrogen) atoms. The average molecular weight is 422 g/mol. The summed E-state index contributed by atoms with van der Waals surface area (Å²) in [6.45, 7) is 1.77. The summed E-state index contributed by atoms with van der Waals surface area (Å²) in [6.07, 6.45) is 3.27. The molecule has 4 aromatic rings. The van der Waals surface area contributed by atoms with Crippen molar-refractivity contribution >= 4 is 45.9 Å². The van der Waals surface area contributed by atoms with Gasteiger partial charge in [0, 0.05) is 23.8 Å². The van der Waals surface area contributed by atoms with E-state index in [1.54, 1.807) is 55.7 Å². The average Bonchev–Trinajstić information content (AvgIpc) is 3.39. The number of amides is 2. The van der Waals surface area contributed by atoms with Gasteiger partial charge in [0.2, 0.25) is 0 Å². The highest BCUT2D eigenvalue weighted by Gasteiger charge is 2.18. The molecule has 7 nitrogen and oxygen atoms in total. The zero-order valence-corrected chi connectivity index (χ0v) is 16.9. The number of carbonyl (C=O) groups excluding carboxylic acids is 2. The Kier molecular flexibility index (Phi) is 5.41. The number of rotatable bonds is 5. The van der Waals surface area contributed by atoms with Crippen molar-refractivity contribution in [3.63, 3.8) is 0 Å². The van der Waals surface area contributed by atoms with Crippen molar-refractivity contribution in [3.8, 4) is 10.8 Å². The zero-order valence-electron chi connectivity index (χ0n) is 15.2. The Morgan fingerprint density at radius 2 is 1.66 bits per heavy atom. The molecule has 2 N–H and O–H groups in total. The van der Waals surface area contributed by atoms with E-state index >= 15 is 0 Å². The zero-order chi connectivity index (χ0) is 20.2. The molecule has 0 bridgehead atoms. The van der Waals surface area contributed by atoms with Gasteiger partial charge in [-0.25, -0.2) is 15.0 Å². The molecule has 0 saturated heterocycles. The first-order chi connectivity index (χ1) is 14.1. The van der Waals surface area contributed by atoms with Crippen LogP contribution in [0.15, 0.2) is 60.2 Å². The smallest absolute Gasteiger partial charge is 0.267 e. The van der Waals surface area contributed by atoms with E-state index in [4.69, 9.17) is 0 Å². The molecule has 0 aliphatic rings. The first kappa shape index (κ1) is 18.9. The van der Waals surface area contributed by atoms with Crippen LogP contribution >= 0.6 is 22.7 Å². The molecule has 0 atom stereocenters. The number of hydrogen-bond acceptors (Lipinski definition) is 7. The molecule has 0 unspecified atom stereocenters. The maximum absolute atomic E-state index is 12.7. The van der Waals surface area contributed by atoms with Crippen molar-refractivity contribution in [2.75, 3.05) is 10.6 Å². The number of carbonyl (C=O) groups is 2. The Hall–Kier alpha value is -3.43. The fraction of sp³-hybridized carbons (Fsp3) is 0.0500. The lowest BCUT2D eigenvalue weighted by molar-refractivity contribution is 0.102. The van der Waals surface area contributed by atoms with Crippen molar-refractivity contribution in [1.82, 2.24) is 15.0 Å². The molecule has 9 heteroatoms. The van der Waals surface area contributed by atoms with Crippen LogP contribution in [-0.4, -0.2) is 26.8 Å². The lowest BCUT2D eigenvalue weighted by atomic mass is 10.2. The van der Waals surface area contributed by atoms with Crippen LogP contribution in [0.2, 0.25) is 0 Å². The van der Waals surface area contributed by atoms with Gasteiger partial charge in [-0.05, 0) is 42.6 Å². The van der Waals surface area contributed by atoms with E-state index in [1.807, 2.05) is 11.4 Å². The maximum Gasteiger partial charge on any atom is 0.267 e. The molecule has 0 saturated carbocycles. The van der Waals surface area contributed by atoms with Crippen LogP contribution in [0.25, 0.3) is 10.8 Å². The van der Waals surface area contributed by atoms with E-state index in [9.17, 15) is 9.59 Å². The Bertz CT molecular complexity index is 1160. The van der Waals surface area contributed by atoms with Crippen LogP contribution in [0, 0.1) is 6.92 Å². The number of hydrogen-bond donors (Lipinski definition) is 2. The van der Waals surface area contributed by atoms with Crippen molar-refractivity contribution in [3.05, 3.63) is 75.7 Å². The van der Waals surface area contributed by atoms with Crippen LogP contribution < -0.4 is 10.6 Å². The number of aryl methyl sites for hydroxylation is 1. The third-order valence-electron chi connectivity index (χ3n) is 3.88. The van der Waals surface area contributed by atoms with E-state index in [0.29, 0.717) is 37.7 Å². The van der Waals surface area contributed by atoms with Gasteiger partial charge in [-0.3, -0.25) is 9.59 Å². The van der Waals surface area contributed by atoms with Gasteiger partial charge >= 0.3 is 0 Å². The standard InChI is InChI=1S/C20H15N5O2S2/c1-12-16(29-20(23-12)17-21-8-4-9-22-17)19(27)25-14-6-2-5-13(11-14)24-18(26)15-7-3-10-28-15/h2-11H,1H3,(H,24,26)(H,25,27). The molecule has 0 aliphatic heterocycles. The van der Waals surface area contributed by atoms with E-state index < -0.39 is 0 Å². The topological polar surface area (TPSA) is 96.9 Å². The lowest BCUT2D eigenvalue weighted by Gasteiger charge is -2.08. The highest BCUT2D eigenvalue weighted by Crippen LogP contribution is 2.26. The molecule has 0 radical (unpaired) electrons. The van der Waals surface area contributed by atoms with E-state index in [0.717, 1.165) is 0 Å². The van der Waals surface area contributed by atoms with Crippen LogP contribution in [0.4, 0.5) is 11.4 Å². The van der Waals surface area contributed by atoms with Gasteiger partial charge in [0.05, 0.1) is 10.6 Å². The van der Waals surface area contributed by atoms with Gasteiger partial charge in [0.15, 0.2) is 10.8 Å². The Morgan fingerprint density at radius 1 is 0.931 bits per heavy atom. The third-order valence-corrected chi connectivity index (χ3v) is 5.90. The number of nitrogens with one attached hydrogen (secondary N) is 2. The van der Waals surface area contributed by atoms with Gasteiger partial charge < -0.3 is 10.6 Å². The molecule has 4 rings (SSSR count). The number of anilines is 2. The van der Waals surface area contributed by atoms with Crippen LogP contribution in [-0.2, 0) is 0 Å². The van der Waals surface area contributed by atoms with Gasteiger partial charge in [-0.1, -0.05) is 12.1 Å². The number of benzene rings is 1. The monoisotopic (exact) mass is 421 g/mol. The summed E-state index contributed by atoms with van der Waals surface area (Å²) in [6, 6.07) is 12.3. The highest BCUT2D eigenvalue weighted by atomic mass is 32.1. The minimum Gasteiger partial charge on any atom is -0.321 e. The highest BCUT2D eigenvalue weighted by molar-refractivity contribution is 7.17. The van der Waals surface area contributed by atoms with Crippen LogP contribution in [0.3, 0.4) is 0 Å². The van der Waals surface area contributed by atoms with E-state index in [2.05, 4.69) is 25.6 Å². The summed E-state index contributed by atoms with van der Waals surface area (Å²) in [4.78, 5) is 38.8. The summed E-state index contributed by atoms with van der Waals surface area (Å²) < 4.78 is 0. The molecule has 3 aromatic heterocycles. The Balaban J connectivity index is 1.49. The van der Waals surface area contributed by atoms with Crippen molar-refractivity contribution in [1.29, 1.82) is 0 Å². The maximum atomic E-state index is 12.7. The van der Waals surface area contributed by atoms with Gasteiger partial charge in [0.1, 0.15) is 4.88 Å². The Morgan fingerprint density at radius 3 is 2.34 bits per heavy atom. The quantitative estimate of drug-likeness (QED) is 0.495. The predicted octanol–water partition coefficient (Wildman–Crippen LogP) is 4.47. The molecule has 144 valence electrons. The number of thiazole rings is 1. The minimum atomic E-state index is -0.274. The van der Waals surface area contributed by atoms with Gasteiger partial charge in [-0.2, -0.15) is 0 Å². The summed E-state index contributed by atoms with van der Waals surface area (Å²) in [7, 11) is 0. The summed E-state index contributed by atoms with van der Waals surface area (Å²) in [5.74, 6) is 0.0242. The van der Waals surface area contributed by atoms with E-state index in [1.165, 1.54) is 22.7 Å². The molecule has 1 aromatic carbocycles. The summed E-state index contributed by atoms with van der Waals surface area (Å²) >= 11 is 2.60. The first-order valence-corrected chi connectivity index (χ1v) is 10.3. The van der Waals surface area contributed by atoms with Crippen molar-refractivity contribution in [2.24, 2.45) is 0 Å². The molecule has 0 spiro atoms. The summed E-state index contributed by atoms with van der Waals surface area (Å²) in [5.41, 5.74) is 1.78. The first-order valence-electron chi connectivity index (χ1n) is 8.61. The summed E-state index contributed by atoms with van der Waals surface area (Å²) in [5, 5.41) is 8.12. The fourth-order valence-corrected chi connectivity index (χ4v) is 4.10. The van der Waals surface area contributed by atoms with Crippen molar-refractivity contribution < 1.29 is 9.59 Å². The number of nitrogens with zero attached hydrogens (tertiary/aromatic N) is 3. The fourth-order valence-electron chi connectivity index (χ4n) is 2.58. The SMILES string of the molecule is Cc1nc(-c2ncccn2)sc1C(=O)Nc1cccc(NC(=O)c2cccs2)c1. The molecule has 0 aliphatic carbocycles. The largest absolute Gasteiger partial charge is 0.321 e. The molecule has 2 amide bonds. The molecular weight excluding hydrogens is 406 g/mol. The molecule has 3 heterocycles. The normalized spacial score (nSPS) is 10.5. The second-order valence-corrected chi connectivity index (χ2v) is 7.92. The Labute approximate surface area is 174 Å². The number of aromatic nitrogens is 3. The van der Waals surface area contributed by atoms with Crippen LogP contribution in [0.5, 0.6) is 0 Å². The van der Waals surface area contributed by atoms with E-state index in [-0.39, 0.29) is 11.8 Å². The number of thiophene rings is 1. The molecular formula is C20H15N5O2S2. The van der Waals surface area contributed by atoms with Gasteiger partial charge in [-0.15, -0.1) is 22.7 Å². The molecule has 0 fully saturated rings. The lowest BCUT2D eigenvalue weighted by Crippen LogP contribution is -2.13. The second kappa shape index (κ2) is 8.29. The second-order valence-electron chi connectivity index (χ2n) is 5.97. The van der Waals surface area contributed by atoms with Crippen LogP contribution in [0.1, 0.15) is 25.0 Å². The van der Waals surface area contributed by atoms with Gasteiger partial charge in [0.25, 0.3) is 11.8 Å². The van der Waals surface area contributed by atoms with Crippen molar-refractivity contribution in [2.45, 2.75) is 6.92 Å². The third kappa shape index (κ3) is 4.36. The minimum absolute atomic E-state index is 0.186. The predicted molar refractivity (Wildman–Crippen MR) is 115 cm³/mol.